The van der Waals surface area contributed by atoms with Crippen LogP contribution in [0.1, 0.15) is 18.9 Å². The molecule has 2 atom stereocenters. The first-order chi connectivity index (χ1) is 6.21. The van der Waals surface area contributed by atoms with E-state index in [4.69, 9.17) is 0 Å². The second kappa shape index (κ2) is 3.13. The van der Waals surface area contributed by atoms with E-state index in [2.05, 4.69) is 24.4 Å². The minimum absolute atomic E-state index is 0.0410. The highest BCUT2D eigenvalue weighted by Gasteiger charge is 2.34. The zero-order chi connectivity index (χ0) is 9.31. The fraction of sp³-hybridized carbons (Fsp3) is 0.455. The molecular formula is C11H15NO. The zero-order valence-corrected chi connectivity index (χ0v) is 7.83. The fourth-order valence-corrected chi connectivity index (χ4v) is 1.98. The van der Waals surface area contributed by atoms with Crippen LogP contribution in [0.4, 0.5) is 0 Å². The maximum atomic E-state index is 9.46. The van der Waals surface area contributed by atoms with Crippen LogP contribution in [0.2, 0.25) is 0 Å². The third-order valence-corrected chi connectivity index (χ3v) is 2.78. The number of nitrogens with one attached hydrogen (secondary N) is 1. The van der Waals surface area contributed by atoms with Crippen LogP contribution < -0.4 is 5.32 Å². The maximum absolute atomic E-state index is 9.46. The van der Waals surface area contributed by atoms with E-state index in [-0.39, 0.29) is 11.6 Å². The van der Waals surface area contributed by atoms with Crippen molar-refractivity contribution in [3.05, 3.63) is 35.9 Å². The van der Waals surface area contributed by atoms with E-state index < -0.39 is 0 Å². The number of β-amino-alcohol motifs (C(OH)–C–C–N with tert-alkyl or cyclic N) is 1. The number of hydrogen-bond donors (Lipinski definition) is 2. The summed E-state index contributed by atoms with van der Waals surface area (Å²) >= 11 is 0. The second-order valence-electron chi connectivity index (χ2n) is 3.94. The minimum atomic E-state index is -0.204. The van der Waals surface area contributed by atoms with Gasteiger partial charge in [-0.25, -0.2) is 0 Å². The molecule has 0 amide bonds. The molecule has 1 aliphatic heterocycles. The molecule has 2 rings (SSSR count). The Morgan fingerprint density at radius 2 is 2.08 bits per heavy atom. The van der Waals surface area contributed by atoms with Crippen LogP contribution in [0.3, 0.4) is 0 Å². The molecule has 0 saturated carbocycles. The molecule has 2 N–H and O–H groups in total. The Kier molecular flexibility index (Phi) is 2.10. The molecule has 0 radical (unpaired) electrons. The third-order valence-electron chi connectivity index (χ3n) is 2.78. The summed E-state index contributed by atoms with van der Waals surface area (Å²) in [6.07, 6.45) is 0.599. The van der Waals surface area contributed by atoms with Gasteiger partial charge in [0.05, 0.1) is 6.10 Å². The third kappa shape index (κ3) is 1.60. The Morgan fingerprint density at radius 1 is 1.38 bits per heavy atom. The van der Waals surface area contributed by atoms with Gasteiger partial charge < -0.3 is 10.4 Å². The maximum Gasteiger partial charge on any atom is 0.0685 e. The minimum Gasteiger partial charge on any atom is -0.392 e. The van der Waals surface area contributed by atoms with Gasteiger partial charge in [0.25, 0.3) is 0 Å². The van der Waals surface area contributed by atoms with Gasteiger partial charge in [-0.15, -0.1) is 0 Å². The van der Waals surface area contributed by atoms with E-state index in [1.165, 1.54) is 5.56 Å². The Hall–Kier alpha value is -0.860. The Labute approximate surface area is 78.6 Å². The Bertz CT molecular complexity index is 285. The van der Waals surface area contributed by atoms with Crippen LogP contribution >= 0.6 is 0 Å². The van der Waals surface area contributed by atoms with Crippen molar-refractivity contribution in [1.82, 2.24) is 5.32 Å². The molecule has 2 heteroatoms. The molecule has 2 unspecified atom stereocenters. The van der Waals surface area contributed by atoms with Crippen molar-refractivity contribution < 1.29 is 5.11 Å². The summed E-state index contributed by atoms with van der Waals surface area (Å²) in [6.45, 7) is 2.84. The van der Waals surface area contributed by atoms with Gasteiger partial charge in [0.2, 0.25) is 0 Å². The molecule has 70 valence electrons. The smallest absolute Gasteiger partial charge is 0.0685 e. The lowest BCUT2D eigenvalue weighted by molar-refractivity contribution is 0.186. The van der Waals surface area contributed by atoms with Crippen molar-refractivity contribution in [2.45, 2.75) is 25.0 Å². The first kappa shape index (κ1) is 8.73. The van der Waals surface area contributed by atoms with Crippen molar-refractivity contribution in [2.24, 2.45) is 0 Å². The monoisotopic (exact) mass is 177 g/mol. The molecule has 1 aromatic carbocycles. The molecule has 1 aliphatic rings. The van der Waals surface area contributed by atoms with Crippen molar-refractivity contribution in [3.63, 3.8) is 0 Å². The van der Waals surface area contributed by atoms with Crippen LogP contribution in [-0.2, 0) is 5.54 Å². The summed E-state index contributed by atoms with van der Waals surface area (Å²) in [7, 11) is 0. The second-order valence-corrected chi connectivity index (χ2v) is 3.94. The van der Waals surface area contributed by atoms with E-state index in [9.17, 15) is 5.11 Å². The quantitative estimate of drug-likeness (QED) is 0.676. The number of aliphatic hydroxyl groups is 1. The number of hydrogen-bond acceptors (Lipinski definition) is 2. The molecule has 13 heavy (non-hydrogen) atoms. The SMILES string of the molecule is CC1(c2ccccc2)CC(O)CN1. The molecule has 0 spiro atoms. The summed E-state index contributed by atoms with van der Waals surface area (Å²) in [5, 5.41) is 12.8. The molecule has 1 saturated heterocycles. The van der Waals surface area contributed by atoms with Crippen LogP contribution in [0.25, 0.3) is 0 Å². The summed E-state index contributed by atoms with van der Waals surface area (Å²) < 4.78 is 0. The lowest BCUT2D eigenvalue weighted by Crippen LogP contribution is -2.32. The predicted octanol–water partition coefficient (Wildman–Crippen LogP) is 1.26. The van der Waals surface area contributed by atoms with Crippen molar-refractivity contribution >= 4 is 0 Å². The average Bonchev–Trinajstić information content (AvgIpc) is 2.49. The van der Waals surface area contributed by atoms with Crippen LogP contribution in [-0.4, -0.2) is 17.8 Å². The van der Waals surface area contributed by atoms with Crippen LogP contribution in [0, 0.1) is 0 Å². The van der Waals surface area contributed by atoms with E-state index in [0.29, 0.717) is 6.54 Å². The molecule has 0 aliphatic carbocycles. The van der Waals surface area contributed by atoms with Gasteiger partial charge in [-0.3, -0.25) is 0 Å². The summed E-state index contributed by atoms with van der Waals surface area (Å²) in [4.78, 5) is 0. The first-order valence-electron chi connectivity index (χ1n) is 4.69. The summed E-state index contributed by atoms with van der Waals surface area (Å²) in [5.41, 5.74) is 1.22. The topological polar surface area (TPSA) is 32.3 Å². The number of benzene rings is 1. The standard InChI is InChI=1S/C11H15NO/c1-11(7-10(13)8-12-11)9-5-3-2-4-6-9/h2-6,10,12-13H,7-8H2,1H3. The van der Waals surface area contributed by atoms with Crippen molar-refractivity contribution in [2.75, 3.05) is 6.54 Å². The van der Waals surface area contributed by atoms with Crippen molar-refractivity contribution in [1.29, 1.82) is 0 Å². The van der Waals surface area contributed by atoms with Gasteiger partial charge in [-0.2, -0.15) is 0 Å². The van der Waals surface area contributed by atoms with E-state index >= 15 is 0 Å². The van der Waals surface area contributed by atoms with E-state index in [0.717, 1.165) is 6.42 Å². The molecule has 0 aromatic heterocycles. The van der Waals surface area contributed by atoms with Gasteiger partial charge in [0.1, 0.15) is 0 Å². The fourth-order valence-electron chi connectivity index (χ4n) is 1.98. The highest BCUT2D eigenvalue weighted by atomic mass is 16.3. The Balaban J connectivity index is 2.26. The van der Waals surface area contributed by atoms with Gasteiger partial charge in [-0.05, 0) is 18.9 Å². The van der Waals surface area contributed by atoms with Crippen molar-refractivity contribution in [3.8, 4) is 0 Å². The molecule has 0 bridgehead atoms. The van der Waals surface area contributed by atoms with Gasteiger partial charge in [0.15, 0.2) is 0 Å². The summed E-state index contributed by atoms with van der Waals surface area (Å²) in [5.74, 6) is 0. The lowest BCUT2D eigenvalue weighted by Gasteiger charge is -2.24. The molecular weight excluding hydrogens is 162 g/mol. The van der Waals surface area contributed by atoms with Crippen LogP contribution in [0.15, 0.2) is 30.3 Å². The largest absolute Gasteiger partial charge is 0.392 e. The first-order valence-corrected chi connectivity index (χ1v) is 4.69. The molecule has 2 nitrogen and oxygen atoms in total. The molecule has 1 aromatic rings. The number of rotatable bonds is 1. The zero-order valence-electron chi connectivity index (χ0n) is 7.83. The highest BCUT2D eigenvalue weighted by molar-refractivity contribution is 5.25. The Morgan fingerprint density at radius 3 is 2.62 bits per heavy atom. The van der Waals surface area contributed by atoms with E-state index in [1.54, 1.807) is 0 Å². The van der Waals surface area contributed by atoms with Crippen LogP contribution in [0.5, 0.6) is 0 Å². The van der Waals surface area contributed by atoms with E-state index in [1.807, 2.05) is 18.2 Å². The normalized spacial score (nSPS) is 33.5. The molecule has 1 heterocycles. The summed E-state index contributed by atoms with van der Waals surface area (Å²) in [6, 6.07) is 10.3. The van der Waals surface area contributed by atoms with Gasteiger partial charge >= 0.3 is 0 Å². The average molecular weight is 177 g/mol. The number of aliphatic hydroxyl groups excluding tert-OH is 1. The highest BCUT2D eigenvalue weighted by Crippen LogP contribution is 2.29. The van der Waals surface area contributed by atoms with Gasteiger partial charge in [-0.1, -0.05) is 30.3 Å². The van der Waals surface area contributed by atoms with Gasteiger partial charge in [0, 0.05) is 12.1 Å². The lowest BCUT2D eigenvalue weighted by atomic mass is 9.90. The molecule has 1 fully saturated rings. The predicted molar refractivity (Wildman–Crippen MR) is 52.4 cm³/mol.